The van der Waals surface area contributed by atoms with Crippen molar-refractivity contribution < 1.29 is 4.52 Å². The molecule has 1 aliphatic rings. The van der Waals surface area contributed by atoms with Crippen LogP contribution in [0.15, 0.2) is 0 Å². The van der Waals surface area contributed by atoms with E-state index in [1.165, 1.54) is 19.3 Å². The average Bonchev–Trinajstić information content (AvgIpc) is 1.31. The van der Waals surface area contributed by atoms with Gasteiger partial charge in [-0.2, -0.15) is 0 Å². The van der Waals surface area contributed by atoms with Crippen LogP contribution in [0.2, 0.25) is 0 Å². The van der Waals surface area contributed by atoms with Gasteiger partial charge in [-0.25, -0.2) is 0 Å². The summed E-state index contributed by atoms with van der Waals surface area (Å²) in [6.45, 7) is 0. The summed E-state index contributed by atoms with van der Waals surface area (Å²) in [5.41, 5.74) is 0. The van der Waals surface area contributed by atoms with E-state index in [2.05, 4.69) is 9.47 Å². The van der Waals surface area contributed by atoms with Gasteiger partial charge in [-0.1, -0.05) is 0 Å². The highest BCUT2D eigenvalue weighted by Crippen LogP contribution is 2.23. The zero-order valence-corrected chi connectivity index (χ0v) is 4.84. The van der Waals surface area contributed by atoms with Crippen LogP contribution < -0.4 is 0 Å². The second-order valence-electron chi connectivity index (χ2n) is 1.69. The Labute approximate surface area is 40.4 Å². The highest BCUT2D eigenvalue weighted by Gasteiger charge is 2.15. The van der Waals surface area contributed by atoms with Gasteiger partial charge in [0.2, 0.25) is 0 Å². The lowest BCUT2D eigenvalue weighted by Crippen LogP contribution is -2.16. The maximum atomic E-state index is 4.90. The molecule has 1 unspecified atom stereocenters. The predicted molar refractivity (Wildman–Crippen MR) is 28.4 cm³/mol. The van der Waals surface area contributed by atoms with Crippen molar-refractivity contribution in [3.63, 3.8) is 0 Å². The standard InChI is InChI=1S/C4H9OP/c6-5-4-2-1-3-4/h4H,1-3,6H2. The molecular weight excluding hydrogens is 95.0 g/mol. The lowest BCUT2D eigenvalue weighted by atomic mass is 9.97. The van der Waals surface area contributed by atoms with Crippen LogP contribution in [0.3, 0.4) is 0 Å². The monoisotopic (exact) mass is 104 g/mol. The Morgan fingerprint density at radius 1 is 1.50 bits per heavy atom. The van der Waals surface area contributed by atoms with Crippen molar-refractivity contribution in [3.8, 4) is 0 Å². The SMILES string of the molecule is POC1CCC1. The van der Waals surface area contributed by atoms with Crippen LogP contribution in [-0.2, 0) is 4.52 Å². The summed E-state index contributed by atoms with van der Waals surface area (Å²) in [7, 11) is 2.29. The van der Waals surface area contributed by atoms with E-state index in [1.807, 2.05) is 0 Å². The molecule has 1 aliphatic carbocycles. The van der Waals surface area contributed by atoms with Crippen LogP contribution in [0.4, 0.5) is 0 Å². The minimum absolute atomic E-state index is 0.579. The lowest BCUT2D eigenvalue weighted by Gasteiger charge is -2.22. The molecule has 0 heterocycles. The highest BCUT2D eigenvalue weighted by atomic mass is 31.0. The molecule has 36 valence electrons. The Kier molecular flexibility index (Phi) is 1.44. The van der Waals surface area contributed by atoms with Gasteiger partial charge in [0.25, 0.3) is 0 Å². The van der Waals surface area contributed by atoms with Gasteiger partial charge in [0, 0.05) is 9.47 Å². The van der Waals surface area contributed by atoms with Crippen LogP contribution in [-0.4, -0.2) is 6.10 Å². The maximum Gasteiger partial charge on any atom is 0.0611 e. The molecule has 0 amide bonds. The molecule has 0 spiro atoms. The summed E-state index contributed by atoms with van der Waals surface area (Å²) in [6.07, 6.45) is 4.47. The average molecular weight is 104 g/mol. The van der Waals surface area contributed by atoms with E-state index in [0.717, 1.165) is 0 Å². The summed E-state index contributed by atoms with van der Waals surface area (Å²) in [4.78, 5) is 0. The fourth-order valence-electron chi connectivity index (χ4n) is 0.507. The molecule has 1 atom stereocenters. The molecule has 1 rings (SSSR count). The van der Waals surface area contributed by atoms with E-state index in [9.17, 15) is 0 Å². The molecular formula is C4H9OP. The van der Waals surface area contributed by atoms with Gasteiger partial charge >= 0.3 is 0 Å². The molecule has 2 heteroatoms. The Morgan fingerprint density at radius 3 is 2.17 bits per heavy atom. The van der Waals surface area contributed by atoms with E-state index in [4.69, 9.17) is 4.52 Å². The number of hydrogen-bond donors (Lipinski definition) is 0. The first kappa shape index (κ1) is 4.55. The third-order valence-electron chi connectivity index (χ3n) is 1.24. The summed E-state index contributed by atoms with van der Waals surface area (Å²) in [5.74, 6) is 0. The number of rotatable bonds is 1. The Bertz CT molecular complexity index is 40.1. The number of hydrogen-bond acceptors (Lipinski definition) is 1. The van der Waals surface area contributed by atoms with Crippen molar-refractivity contribution in [2.75, 3.05) is 0 Å². The van der Waals surface area contributed by atoms with Gasteiger partial charge in [0.15, 0.2) is 0 Å². The second kappa shape index (κ2) is 1.90. The summed E-state index contributed by atoms with van der Waals surface area (Å²) in [6, 6.07) is 0. The molecule has 0 aromatic carbocycles. The van der Waals surface area contributed by atoms with Crippen LogP contribution >= 0.6 is 9.47 Å². The van der Waals surface area contributed by atoms with Crippen LogP contribution in [0.25, 0.3) is 0 Å². The topological polar surface area (TPSA) is 9.23 Å². The first-order chi connectivity index (χ1) is 2.93. The fraction of sp³-hybridized carbons (Fsp3) is 1.00. The molecule has 6 heavy (non-hydrogen) atoms. The lowest BCUT2D eigenvalue weighted by molar-refractivity contribution is 0.146. The van der Waals surface area contributed by atoms with Gasteiger partial charge in [-0.3, -0.25) is 0 Å². The summed E-state index contributed by atoms with van der Waals surface area (Å²) < 4.78 is 4.90. The van der Waals surface area contributed by atoms with Gasteiger partial charge in [0.05, 0.1) is 6.10 Å². The second-order valence-corrected chi connectivity index (χ2v) is 1.96. The Balaban J connectivity index is 2.01. The molecule has 1 fully saturated rings. The minimum Gasteiger partial charge on any atom is -0.362 e. The molecule has 1 saturated carbocycles. The van der Waals surface area contributed by atoms with Gasteiger partial charge in [-0.15, -0.1) is 0 Å². The molecule has 0 saturated heterocycles. The van der Waals surface area contributed by atoms with Crippen molar-refractivity contribution in [1.82, 2.24) is 0 Å². The molecule has 0 aromatic heterocycles. The third kappa shape index (κ3) is 0.717. The zero-order valence-electron chi connectivity index (χ0n) is 3.68. The summed E-state index contributed by atoms with van der Waals surface area (Å²) >= 11 is 0. The van der Waals surface area contributed by atoms with Crippen molar-refractivity contribution in [3.05, 3.63) is 0 Å². The van der Waals surface area contributed by atoms with Crippen molar-refractivity contribution in [2.24, 2.45) is 0 Å². The highest BCUT2D eigenvalue weighted by molar-refractivity contribution is 7.09. The van der Waals surface area contributed by atoms with Gasteiger partial charge < -0.3 is 4.52 Å². The van der Waals surface area contributed by atoms with Gasteiger partial charge in [-0.05, 0) is 19.3 Å². The first-order valence-corrected chi connectivity index (χ1v) is 2.76. The van der Waals surface area contributed by atoms with Crippen molar-refractivity contribution in [2.45, 2.75) is 25.4 Å². The van der Waals surface area contributed by atoms with Crippen LogP contribution in [0.5, 0.6) is 0 Å². The largest absolute Gasteiger partial charge is 0.362 e. The fourth-order valence-corrected chi connectivity index (χ4v) is 0.779. The van der Waals surface area contributed by atoms with E-state index in [1.54, 1.807) is 0 Å². The smallest absolute Gasteiger partial charge is 0.0611 e. The minimum atomic E-state index is 0.579. The normalized spacial score (nSPS) is 23.5. The quantitative estimate of drug-likeness (QED) is 0.456. The van der Waals surface area contributed by atoms with E-state index < -0.39 is 0 Å². The molecule has 0 bridgehead atoms. The van der Waals surface area contributed by atoms with Gasteiger partial charge in [0.1, 0.15) is 0 Å². The Hall–Kier alpha value is 0.390. The van der Waals surface area contributed by atoms with E-state index >= 15 is 0 Å². The molecule has 0 N–H and O–H groups in total. The Morgan fingerprint density at radius 2 is 2.17 bits per heavy atom. The third-order valence-corrected chi connectivity index (χ3v) is 1.63. The summed E-state index contributed by atoms with van der Waals surface area (Å²) in [5, 5.41) is 0. The predicted octanol–water partition coefficient (Wildman–Crippen LogP) is 1.35. The molecule has 0 radical (unpaired) electrons. The first-order valence-electron chi connectivity index (χ1n) is 2.29. The van der Waals surface area contributed by atoms with E-state index in [-0.39, 0.29) is 0 Å². The molecule has 0 aromatic rings. The molecule has 1 nitrogen and oxygen atoms in total. The van der Waals surface area contributed by atoms with Crippen LogP contribution in [0, 0.1) is 0 Å². The van der Waals surface area contributed by atoms with E-state index in [0.29, 0.717) is 6.10 Å². The van der Waals surface area contributed by atoms with Crippen molar-refractivity contribution >= 4 is 9.47 Å². The van der Waals surface area contributed by atoms with Crippen molar-refractivity contribution in [1.29, 1.82) is 0 Å². The molecule has 0 aliphatic heterocycles. The van der Waals surface area contributed by atoms with Crippen LogP contribution in [0.1, 0.15) is 19.3 Å². The maximum absolute atomic E-state index is 4.90. The zero-order chi connectivity index (χ0) is 4.41.